The summed E-state index contributed by atoms with van der Waals surface area (Å²) in [6, 6.07) is 11.0. The molecule has 1 aromatic carbocycles. The monoisotopic (exact) mass is 519 g/mol. The molecule has 8 heteroatoms. The SMILES string of the molecule is CSc1nc2c(c(N3CCN(C(=O)OC(C)(C)C)[C@@H](CC#N)C3)n1)CCC1(CCCc3ccccc31)C2. The van der Waals surface area contributed by atoms with E-state index in [-0.39, 0.29) is 24.0 Å². The third kappa shape index (κ3) is 5.16. The van der Waals surface area contributed by atoms with Crippen LogP contribution in [0.5, 0.6) is 0 Å². The highest BCUT2D eigenvalue weighted by atomic mass is 32.2. The molecule has 2 atom stereocenters. The standard InChI is InChI=1S/C29H37N5O2S/c1-28(2,3)36-27(35)34-17-16-33(19-21(34)12-15-30)25-22-11-14-29(18-24(22)31-26(32-25)37-4)13-7-9-20-8-5-6-10-23(20)29/h5-6,8,10,21H,7,9,11-14,16-19H2,1-4H3/t21-,29?/m0/s1. The van der Waals surface area contributed by atoms with Gasteiger partial charge in [0.05, 0.1) is 24.2 Å². The highest BCUT2D eigenvalue weighted by Crippen LogP contribution is 2.47. The first-order valence-corrected chi connectivity index (χ1v) is 14.6. The molecule has 1 aromatic heterocycles. The molecule has 1 spiro atoms. The van der Waals surface area contributed by atoms with Gasteiger partial charge in [-0.3, -0.25) is 0 Å². The van der Waals surface area contributed by atoms with E-state index in [2.05, 4.69) is 35.2 Å². The normalized spacial score (nSPS) is 23.3. The zero-order valence-corrected chi connectivity index (χ0v) is 23.2. The van der Waals surface area contributed by atoms with Crippen LogP contribution in [0.3, 0.4) is 0 Å². The lowest BCUT2D eigenvalue weighted by Gasteiger charge is -2.45. The van der Waals surface area contributed by atoms with E-state index in [0.717, 1.165) is 36.7 Å². The molecule has 2 aliphatic carbocycles. The number of thioether (sulfide) groups is 1. The summed E-state index contributed by atoms with van der Waals surface area (Å²) in [7, 11) is 0. The maximum Gasteiger partial charge on any atom is 0.410 e. The van der Waals surface area contributed by atoms with Crippen LogP contribution in [-0.4, -0.2) is 58.5 Å². The van der Waals surface area contributed by atoms with Gasteiger partial charge in [0.1, 0.15) is 11.4 Å². The highest BCUT2D eigenvalue weighted by molar-refractivity contribution is 7.98. The lowest BCUT2D eigenvalue weighted by atomic mass is 9.62. The molecule has 1 aliphatic heterocycles. The first kappa shape index (κ1) is 25.8. The maximum absolute atomic E-state index is 12.9. The van der Waals surface area contributed by atoms with Gasteiger partial charge in [-0.25, -0.2) is 14.8 Å². The van der Waals surface area contributed by atoms with Crippen molar-refractivity contribution in [1.29, 1.82) is 5.26 Å². The lowest BCUT2D eigenvalue weighted by molar-refractivity contribution is 0.0144. The molecule has 196 valence electrons. The molecular formula is C29H37N5O2S. The number of fused-ring (bicyclic) bond motifs is 3. The van der Waals surface area contributed by atoms with Crippen molar-refractivity contribution in [2.24, 2.45) is 0 Å². The summed E-state index contributed by atoms with van der Waals surface area (Å²) in [5, 5.41) is 10.3. The minimum atomic E-state index is -0.571. The van der Waals surface area contributed by atoms with Gasteiger partial charge < -0.3 is 14.5 Å². The number of piperazine rings is 1. The zero-order valence-electron chi connectivity index (χ0n) is 22.4. The van der Waals surface area contributed by atoms with Crippen molar-refractivity contribution in [2.75, 3.05) is 30.8 Å². The molecule has 37 heavy (non-hydrogen) atoms. The number of amides is 1. The van der Waals surface area contributed by atoms with Crippen molar-refractivity contribution in [3.8, 4) is 6.07 Å². The Labute approximate surface area is 224 Å². The molecule has 0 saturated carbocycles. The zero-order chi connectivity index (χ0) is 26.2. The molecule has 1 unspecified atom stereocenters. The van der Waals surface area contributed by atoms with Crippen LogP contribution in [0.2, 0.25) is 0 Å². The number of nitrogens with zero attached hydrogens (tertiary/aromatic N) is 5. The fraction of sp³-hybridized carbons (Fsp3) is 0.586. The number of hydrogen-bond acceptors (Lipinski definition) is 7. The van der Waals surface area contributed by atoms with E-state index in [4.69, 9.17) is 14.7 Å². The molecule has 0 bridgehead atoms. The van der Waals surface area contributed by atoms with Crippen molar-refractivity contribution < 1.29 is 9.53 Å². The quantitative estimate of drug-likeness (QED) is 0.402. The summed E-state index contributed by atoms with van der Waals surface area (Å²) < 4.78 is 5.64. The van der Waals surface area contributed by atoms with Gasteiger partial charge >= 0.3 is 6.09 Å². The highest BCUT2D eigenvalue weighted by Gasteiger charge is 2.42. The molecule has 1 amide bonds. The number of aryl methyl sites for hydroxylation is 1. The second-order valence-electron chi connectivity index (χ2n) is 11.6. The van der Waals surface area contributed by atoms with Gasteiger partial charge in [-0.15, -0.1) is 0 Å². The van der Waals surface area contributed by atoms with Crippen molar-refractivity contribution >= 4 is 23.7 Å². The third-order valence-electron chi connectivity index (χ3n) is 8.02. The molecule has 2 heterocycles. The summed E-state index contributed by atoms with van der Waals surface area (Å²) in [5.74, 6) is 0.986. The van der Waals surface area contributed by atoms with Crippen LogP contribution in [-0.2, 0) is 29.4 Å². The second kappa shape index (κ2) is 10.2. The molecular weight excluding hydrogens is 482 g/mol. The number of anilines is 1. The second-order valence-corrected chi connectivity index (χ2v) is 12.3. The fourth-order valence-corrected chi connectivity index (χ4v) is 6.74. The van der Waals surface area contributed by atoms with E-state index in [1.807, 2.05) is 27.0 Å². The van der Waals surface area contributed by atoms with E-state index < -0.39 is 5.60 Å². The van der Waals surface area contributed by atoms with Crippen LogP contribution in [0, 0.1) is 11.3 Å². The molecule has 0 N–H and O–H groups in total. The Morgan fingerprint density at radius 1 is 1.22 bits per heavy atom. The summed E-state index contributed by atoms with van der Waals surface area (Å²) >= 11 is 1.58. The number of aromatic nitrogens is 2. The Balaban J connectivity index is 1.44. The van der Waals surface area contributed by atoms with Crippen molar-refractivity contribution in [1.82, 2.24) is 14.9 Å². The molecule has 5 rings (SSSR count). The van der Waals surface area contributed by atoms with E-state index in [9.17, 15) is 10.1 Å². The Morgan fingerprint density at radius 3 is 2.78 bits per heavy atom. The van der Waals surface area contributed by atoms with E-state index in [1.54, 1.807) is 16.7 Å². The molecule has 3 aliphatic rings. The topological polar surface area (TPSA) is 82.4 Å². The maximum atomic E-state index is 12.9. The van der Waals surface area contributed by atoms with Gasteiger partial charge in [0.15, 0.2) is 5.16 Å². The van der Waals surface area contributed by atoms with Crippen molar-refractivity contribution in [3.05, 3.63) is 46.6 Å². The number of carbonyl (C=O) groups excluding carboxylic acids is 1. The first-order valence-electron chi connectivity index (χ1n) is 13.4. The van der Waals surface area contributed by atoms with Crippen LogP contribution >= 0.6 is 11.8 Å². The molecule has 0 radical (unpaired) electrons. The molecule has 7 nitrogen and oxygen atoms in total. The third-order valence-corrected chi connectivity index (χ3v) is 8.57. The van der Waals surface area contributed by atoms with Gasteiger partial charge in [0.2, 0.25) is 0 Å². The number of carbonyl (C=O) groups is 1. The van der Waals surface area contributed by atoms with Crippen LogP contribution in [0.1, 0.15) is 68.8 Å². The van der Waals surface area contributed by atoms with Gasteiger partial charge in [-0.1, -0.05) is 36.0 Å². The van der Waals surface area contributed by atoms with Crippen LogP contribution in [0.15, 0.2) is 29.4 Å². The fourth-order valence-electron chi connectivity index (χ4n) is 6.36. The summed E-state index contributed by atoms with van der Waals surface area (Å²) in [4.78, 5) is 26.9. The van der Waals surface area contributed by atoms with Crippen molar-refractivity contribution in [2.45, 2.75) is 87.9 Å². The number of benzene rings is 1. The smallest absolute Gasteiger partial charge is 0.410 e. The Kier molecular flexibility index (Phi) is 7.10. The Morgan fingerprint density at radius 2 is 2.03 bits per heavy atom. The minimum Gasteiger partial charge on any atom is -0.444 e. The van der Waals surface area contributed by atoms with Crippen LogP contribution in [0.4, 0.5) is 10.6 Å². The number of rotatable bonds is 3. The van der Waals surface area contributed by atoms with Crippen LogP contribution in [0.25, 0.3) is 0 Å². The van der Waals surface area contributed by atoms with Gasteiger partial charge in [-0.2, -0.15) is 5.26 Å². The molecule has 2 aromatic rings. The van der Waals surface area contributed by atoms with E-state index >= 15 is 0 Å². The average Bonchev–Trinajstić information content (AvgIpc) is 2.87. The van der Waals surface area contributed by atoms with Gasteiger partial charge in [0.25, 0.3) is 0 Å². The van der Waals surface area contributed by atoms with Crippen molar-refractivity contribution in [3.63, 3.8) is 0 Å². The summed E-state index contributed by atoms with van der Waals surface area (Å²) in [6.07, 6.45) is 8.53. The lowest BCUT2D eigenvalue weighted by Crippen LogP contribution is -2.56. The first-order chi connectivity index (χ1) is 17.7. The van der Waals surface area contributed by atoms with Crippen LogP contribution < -0.4 is 4.90 Å². The minimum absolute atomic E-state index is 0.155. The van der Waals surface area contributed by atoms with Gasteiger partial charge in [-0.05, 0) is 76.7 Å². The number of ether oxygens (including phenoxy) is 1. The molecule has 1 saturated heterocycles. The van der Waals surface area contributed by atoms with E-state index in [0.29, 0.717) is 19.6 Å². The summed E-state index contributed by atoms with van der Waals surface area (Å²) in [6.45, 7) is 7.34. The average molecular weight is 520 g/mol. The largest absolute Gasteiger partial charge is 0.444 e. The number of hydrogen-bond donors (Lipinski definition) is 0. The van der Waals surface area contributed by atoms with E-state index in [1.165, 1.54) is 35.2 Å². The van der Waals surface area contributed by atoms with Gasteiger partial charge in [0, 0.05) is 30.6 Å². The molecule has 1 fully saturated rings. The Hall–Kier alpha value is -2.79. The Bertz CT molecular complexity index is 1220. The summed E-state index contributed by atoms with van der Waals surface area (Å²) in [5.41, 5.74) is 5.00. The predicted octanol–water partition coefficient (Wildman–Crippen LogP) is 5.30. The number of nitriles is 1. The predicted molar refractivity (Wildman–Crippen MR) is 146 cm³/mol.